The van der Waals surface area contributed by atoms with Crippen LogP contribution in [0.15, 0.2) is 36.4 Å². The van der Waals surface area contributed by atoms with Crippen LogP contribution in [0.2, 0.25) is 5.02 Å². The summed E-state index contributed by atoms with van der Waals surface area (Å²) in [5.74, 6) is 0.888. The highest BCUT2D eigenvalue weighted by molar-refractivity contribution is 6.31. The number of benzene rings is 2. The molecule has 110 valence electrons. The van der Waals surface area contributed by atoms with Crippen molar-refractivity contribution in [2.24, 2.45) is 5.73 Å². The van der Waals surface area contributed by atoms with Gasteiger partial charge in [0.1, 0.15) is 12.4 Å². The van der Waals surface area contributed by atoms with Gasteiger partial charge in [-0.3, -0.25) is 0 Å². The fraction of sp³-hybridized carbons (Fsp3) is 0.333. The largest absolute Gasteiger partial charge is 0.489 e. The first-order valence-corrected chi connectivity index (χ1v) is 7.77. The molecule has 1 unspecified atom stereocenters. The van der Waals surface area contributed by atoms with Gasteiger partial charge in [0.25, 0.3) is 0 Å². The average molecular weight is 302 g/mol. The van der Waals surface area contributed by atoms with Crippen molar-refractivity contribution >= 4 is 11.6 Å². The van der Waals surface area contributed by atoms with Crippen LogP contribution in [0.1, 0.15) is 41.1 Å². The zero-order valence-corrected chi connectivity index (χ0v) is 13.0. The van der Waals surface area contributed by atoms with E-state index in [1.807, 2.05) is 25.1 Å². The maximum absolute atomic E-state index is 6.23. The first-order chi connectivity index (χ1) is 10.1. The molecule has 0 amide bonds. The van der Waals surface area contributed by atoms with Crippen LogP contribution in [-0.4, -0.2) is 0 Å². The minimum Gasteiger partial charge on any atom is -0.489 e. The highest BCUT2D eigenvalue weighted by Crippen LogP contribution is 2.31. The van der Waals surface area contributed by atoms with E-state index in [0.717, 1.165) is 41.2 Å². The van der Waals surface area contributed by atoms with Crippen molar-refractivity contribution in [2.75, 3.05) is 0 Å². The highest BCUT2D eigenvalue weighted by atomic mass is 35.5. The lowest BCUT2D eigenvalue weighted by Gasteiger charge is -2.22. The van der Waals surface area contributed by atoms with E-state index in [9.17, 15) is 0 Å². The topological polar surface area (TPSA) is 35.2 Å². The summed E-state index contributed by atoms with van der Waals surface area (Å²) in [6.45, 7) is 2.52. The fourth-order valence-electron chi connectivity index (χ4n) is 2.85. The maximum Gasteiger partial charge on any atom is 0.120 e. The Bertz CT molecular complexity index is 654. The Balaban J connectivity index is 1.73. The third-order valence-corrected chi connectivity index (χ3v) is 4.43. The van der Waals surface area contributed by atoms with E-state index in [2.05, 4.69) is 18.2 Å². The first-order valence-electron chi connectivity index (χ1n) is 7.40. The van der Waals surface area contributed by atoms with Crippen molar-refractivity contribution in [2.45, 2.75) is 38.8 Å². The van der Waals surface area contributed by atoms with E-state index in [4.69, 9.17) is 22.1 Å². The lowest BCUT2D eigenvalue weighted by atomic mass is 9.88. The molecule has 0 saturated carbocycles. The standard InChI is InChI=1S/C18H20ClNO/c1-12-5-6-14(17(19)9-12)11-21-15-7-8-16-13(10-15)3-2-4-18(16)20/h5-10,18H,2-4,11,20H2,1H3. The van der Waals surface area contributed by atoms with Crippen molar-refractivity contribution in [1.29, 1.82) is 0 Å². The fourth-order valence-corrected chi connectivity index (χ4v) is 3.14. The van der Waals surface area contributed by atoms with Crippen molar-refractivity contribution in [3.8, 4) is 5.75 Å². The zero-order valence-electron chi connectivity index (χ0n) is 12.2. The van der Waals surface area contributed by atoms with Gasteiger partial charge in [-0.2, -0.15) is 0 Å². The molecular formula is C18H20ClNO. The summed E-state index contributed by atoms with van der Waals surface area (Å²) in [4.78, 5) is 0. The third-order valence-electron chi connectivity index (χ3n) is 4.08. The van der Waals surface area contributed by atoms with Crippen LogP contribution in [0.25, 0.3) is 0 Å². The Morgan fingerprint density at radius 3 is 2.90 bits per heavy atom. The van der Waals surface area contributed by atoms with Gasteiger partial charge in [-0.15, -0.1) is 0 Å². The van der Waals surface area contributed by atoms with E-state index in [0.29, 0.717) is 6.61 Å². The number of aryl methyl sites for hydroxylation is 2. The second kappa shape index (κ2) is 6.08. The quantitative estimate of drug-likeness (QED) is 0.901. The molecule has 2 aromatic rings. The molecule has 0 aliphatic heterocycles. The Morgan fingerprint density at radius 1 is 1.24 bits per heavy atom. The molecule has 3 heteroatoms. The molecule has 0 fully saturated rings. The number of hydrogen-bond donors (Lipinski definition) is 1. The van der Waals surface area contributed by atoms with Gasteiger partial charge in [0.15, 0.2) is 0 Å². The summed E-state index contributed by atoms with van der Waals surface area (Å²) in [5, 5.41) is 0.759. The van der Waals surface area contributed by atoms with Gasteiger partial charge in [-0.25, -0.2) is 0 Å². The maximum atomic E-state index is 6.23. The summed E-state index contributed by atoms with van der Waals surface area (Å²) in [7, 11) is 0. The predicted octanol–water partition coefficient (Wildman–Crippen LogP) is 4.56. The van der Waals surface area contributed by atoms with Crippen molar-refractivity contribution in [3.63, 3.8) is 0 Å². The van der Waals surface area contributed by atoms with Gasteiger partial charge in [0.2, 0.25) is 0 Å². The minimum atomic E-state index is 0.175. The summed E-state index contributed by atoms with van der Waals surface area (Å²) in [5.41, 5.74) is 10.9. The summed E-state index contributed by atoms with van der Waals surface area (Å²) in [6.07, 6.45) is 3.32. The molecule has 0 spiro atoms. The molecule has 1 aliphatic rings. The normalized spacial score (nSPS) is 17.4. The van der Waals surface area contributed by atoms with Crippen molar-refractivity contribution in [3.05, 3.63) is 63.7 Å². The zero-order chi connectivity index (χ0) is 14.8. The predicted molar refractivity (Wildman–Crippen MR) is 86.8 cm³/mol. The van der Waals surface area contributed by atoms with Gasteiger partial charge < -0.3 is 10.5 Å². The summed E-state index contributed by atoms with van der Waals surface area (Å²) >= 11 is 6.23. The van der Waals surface area contributed by atoms with Gasteiger partial charge >= 0.3 is 0 Å². The Labute approximate surface area is 130 Å². The van der Waals surface area contributed by atoms with Crippen LogP contribution >= 0.6 is 11.6 Å². The number of hydrogen-bond acceptors (Lipinski definition) is 2. The lowest BCUT2D eigenvalue weighted by Crippen LogP contribution is -2.17. The molecule has 1 aliphatic carbocycles. The van der Waals surface area contributed by atoms with Crippen LogP contribution in [0, 0.1) is 6.92 Å². The molecule has 0 radical (unpaired) electrons. The number of rotatable bonds is 3. The number of fused-ring (bicyclic) bond motifs is 1. The first kappa shape index (κ1) is 14.4. The van der Waals surface area contributed by atoms with Crippen molar-refractivity contribution < 1.29 is 4.74 Å². The van der Waals surface area contributed by atoms with Crippen LogP contribution in [0.5, 0.6) is 5.75 Å². The second-order valence-corrected chi connectivity index (χ2v) is 6.15. The van der Waals surface area contributed by atoms with Gasteiger partial charge in [-0.05, 0) is 61.1 Å². The molecule has 0 aromatic heterocycles. The van der Waals surface area contributed by atoms with Crippen LogP contribution in [0.3, 0.4) is 0 Å². The van der Waals surface area contributed by atoms with Crippen molar-refractivity contribution in [1.82, 2.24) is 0 Å². The molecule has 2 N–H and O–H groups in total. The average Bonchev–Trinajstić information content (AvgIpc) is 2.46. The number of nitrogens with two attached hydrogens (primary N) is 1. The molecule has 0 saturated heterocycles. The number of halogens is 1. The lowest BCUT2D eigenvalue weighted by molar-refractivity contribution is 0.305. The van der Waals surface area contributed by atoms with E-state index in [1.165, 1.54) is 11.1 Å². The molecule has 1 atom stereocenters. The van der Waals surface area contributed by atoms with Crippen LogP contribution < -0.4 is 10.5 Å². The van der Waals surface area contributed by atoms with Crippen LogP contribution in [-0.2, 0) is 13.0 Å². The molecule has 21 heavy (non-hydrogen) atoms. The molecule has 3 rings (SSSR count). The number of ether oxygens (including phenoxy) is 1. The molecular weight excluding hydrogens is 282 g/mol. The second-order valence-electron chi connectivity index (χ2n) is 5.74. The molecule has 0 bridgehead atoms. The smallest absolute Gasteiger partial charge is 0.120 e. The van der Waals surface area contributed by atoms with E-state index < -0.39 is 0 Å². The van der Waals surface area contributed by atoms with Gasteiger partial charge in [0, 0.05) is 16.6 Å². The SMILES string of the molecule is Cc1ccc(COc2ccc3c(c2)CCCC3N)c(Cl)c1. The van der Waals surface area contributed by atoms with E-state index >= 15 is 0 Å². The Morgan fingerprint density at radius 2 is 2.10 bits per heavy atom. The van der Waals surface area contributed by atoms with Gasteiger partial charge in [-0.1, -0.05) is 29.8 Å². The monoisotopic (exact) mass is 301 g/mol. The van der Waals surface area contributed by atoms with E-state index in [1.54, 1.807) is 0 Å². The highest BCUT2D eigenvalue weighted by Gasteiger charge is 2.17. The Kier molecular flexibility index (Phi) is 4.18. The third kappa shape index (κ3) is 3.22. The summed E-state index contributed by atoms with van der Waals surface area (Å²) in [6, 6.07) is 12.4. The minimum absolute atomic E-state index is 0.175. The molecule has 0 heterocycles. The Hall–Kier alpha value is -1.51. The van der Waals surface area contributed by atoms with E-state index in [-0.39, 0.29) is 6.04 Å². The summed E-state index contributed by atoms with van der Waals surface area (Å²) < 4.78 is 5.89. The van der Waals surface area contributed by atoms with Gasteiger partial charge in [0.05, 0.1) is 0 Å². The molecule has 2 aromatic carbocycles. The molecule has 2 nitrogen and oxygen atoms in total. The van der Waals surface area contributed by atoms with Crippen LogP contribution in [0.4, 0.5) is 0 Å².